The minimum atomic E-state index is 0.429. The molecule has 5 heteroatoms. The van der Waals surface area contributed by atoms with Gasteiger partial charge in [0.1, 0.15) is 0 Å². The van der Waals surface area contributed by atoms with E-state index >= 15 is 0 Å². The maximum Gasteiger partial charge on any atom is 0.161 e. The Morgan fingerprint density at radius 2 is 2.17 bits per heavy atom. The maximum atomic E-state index is 5.70. The average Bonchev–Trinajstić information content (AvgIpc) is 2.29. The minimum absolute atomic E-state index is 0.429. The third kappa shape index (κ3) is 0.730. The number of pyridine rings is 1. The zero-order valence-electron chi connectivity index (χ0n) is 6.65. The van der Waals surface area contributed by atoms with Gasteiger partial charge in [0.05, 0.1) is 5.39 Å². The van der Waals surface area contributed by atoms with Crippen molar-refractivity contribution in [2.75, 3.05) is 11.5 Å². The standard InChI is InChI=1S/C7H9N5/c1-12-7-5(6(9)11-12)4(8)2-3-10-7/h2-3H,1H3,(H2,8,10)(H2,9,11). The van der Waals surface area contributed by atoms with Crippen LogP contribution in [0.15, 0.2) is 12.3 Å². The summed E-state index contributed by atoms with van der Waals surface area (Å²) in [4.78, 5) is 4.10. The highest BCUT2D eigenvalue weighted by Gasteiger charge is 2.08. The third-order valence-corrected chi connectivity index (χ3v) is 1.78. The molecule has 0 saturated heterocycles. The molecule has 0 radical (unpaired) electrons. The Hall–Kier alpha value is -1.78. The van der Waals surface area contributed by atoms with E-state index < -0.39 is 0 Å². The molecular formula is C7H9N5. The fraction of sp³-hybridized carbons (Fsp3) is 0.143. The summed E-state index contributed by atoms with van der Waals surface area (Å²) in [5, 5.41) is 4.74. The monoisotopic (exact) mass is 163 g/mol. The summed E-state index contributed by atoms with van der Waals surface area (Å²) in [6, 6.07) is 1.71. The van der Waals surface area contributed by atoms with E-state index in [1.165, 1.54) is 0 Å². The lowest BCUT2D eigenvalue weighted by molar-refractivity contribution is 0.791. The molecule has 4 N–H and O–H groups in total. The SMILES string of the molecule is Cn1nc(N)c2c(N)ccnc21. The zero-order chi connectivity index (χ0) is 8.72. The molecule has 2 aromatic rings. The molecule has 0 aliphatic carbocycles. The fourth-order valence-corrected chi connectivity index (χ4v) is 1.23. The van der Waals surface area contributed by atoms with Crippen molar-refractivity contribution < 1.29 is 0 Å². The van der Waals surface area contributed by atoms with E-state index in [-0.39, 0.29) is 0 Å². The lowest BCUT2D eigenvalue weighted by atomic mass is 10.3. The fourth-order valence-electron chi connectivity index (χ4n) is 1.23. The Bertz CT molecular complexity index is 431. The number of nitrogen functional groups attached to an aromatic ring is 2. The van der Waals surface area contributed by atoms with E-state index in [1.54, 1.807) is 24.0 Å². The molecule has 0 atom stereocenters. The molecule has 12 heavy (non-hydrogen) atoms. The van der Waals surface area contributed by atoms with Crippen LogP contribution in [-0.2, 0) is 7.05 Å². The summed E-state index contributed by atoms with van der Waals surface area (Å²) in [5.74, 6) is 0.429. The number of fused-ring (bicyclic) bond motifs is 1. The second kappa shape index (κ2) is 2.10. The number of anilines is 2. The molecule has 0 aliphatic heterocycles. The lowest BCUT2D eigenvalue weighted by Gasteiger charge is -1.94. The van der Waals surface area contributed by atoms with Crippen LogP contribution in [0.4, 0.5) is 11.5 Å². The topological polar surface area (TPSA) is 82.8 Å². The van der Waals surface area contributed by atoms with Gasteiger partial charge in [-0.05, 0) is 6.07 Å². The van der Waals surface area contributed by atoms with Crippen molar-refractivity contribution in [1.29, 1.82) is 0 Å². The quantitative estimate of drug-likeness (QED) is 0.578. The van der Waals surface area contributed by atoms with Crippen LogP contribution < -0.4 is 11.5 Å². The number of nitrogens with two attached hydrogens (primary N) is 2. The van der Waals surface area contributed by atoms with Gasteiger partial charge in [-0.2, -0.15) is 5.10 Å². The molecule has 0 saturated carbocycles. The largest absolute Gasteiger partial charge is 0.398 e. The van der Waals surface area contributed by atoms with Gasteiger partial charge in [0.15, 0.2) is 11.5 Å². The number of aryl methyl sites for hydroxylation is 1. The smallest absolute Gasteiger partial charge is 0.161 e. The molecule has 2 heterocycles. The first-order valence-corrected chi connectivity index (χ1v) is 3.53. The lowest BCUT2D eigenvalue weighted by Crippen LogP contribution is -1.92. The molecule has 0 bridgehead atoms. The Morgan fingerprint density at radius 3 is 2.83 bits per heavy atom. The van der Waals surface area contributed by atoms with E-state index in [2.05, 4.69) is 10.1 Å². The van der Waals surface area contributed by atoms with Gasteiger partial charge in [-0.3, -0.25) is 0 Å². The third-order valence-electron chi connectivity index (χ3n) is 1.78. The van der Waals surface area contributed by atoms with Crippen LogP contribution in [0.2, 0.25) is 0 Å². The molecule has 0 aliphatic rings. The molecule has 2 rings (SSSR count). The number of nitrogens with zero attached hydrogens (tertiary/aromatic N) is 3. The zero-order valence-corrected chi connectivity index (χ0v) is 6.65. The van der Waals surface area contributed by atoms with Crippen LogP contribution in [0.1, 0.15) is 0 Å². The summed E-state index contributed by atoms with van der Waals surface area (Å²) >= 11 is 0. The summed E-state index contributed by atoms with van der Waals surface area (Å²) in [5.41, 5.74) is 12.7. The summed E-state index contributed by atoms with van der Waals surface area (Å²) < 4.78 is 1.61. The number of hydrogen-bond acceptors (Lipinski definition) is 4. The van der Waals surface area contributed by atoms with Crippen LogP contribution in [0.25, 0.3) is 11.0 Å². The van der Waals surface area contributed by atoms with Crippen molar-refractivity contribution in [3.05, 3.63) is 12.3 Å². The average molecular weight is 163 g/mol. The van der Waals surface area contributed by atoms with Gasteiger partial charge >= 0.3 is 0 Å². The van der Waals surface area contributed by atoms with Gasteiger partial charge in [-0.1, -0.05) is 0 Å². The molecule has 2 aromatic heterocycles. The Kier molecular flexibility index (Phi) is 1.21. The second-order valence-corrected chi connectivity index (χ2v) is 2.61. The molecule has 0 aromatic carbocycles. The molecule has 0 spiro atoms. The summed E-state index contributed by atoms with van der Waals surface area (Å²) in [6.07, 6.45) is 1.64. The number of aromatic nitrogens is 3. The molecule has 62 valence electrons. The second-order valence-electron chi connectivity index (χ2n) is 2.61. The predicted molar refractivity (Wildman–Crippen MR) is 47.3 cm³/mol. The van der Waals surface area contributed by atoms with Gasteiger partial charge in [0.2, 0.25) is 0 Å². The highest BCUT2D eigenvalue weighted by Crippen LogP contribution is 2.23. The van der Waals surface area contributed by atoms with Crippen LogP contribution in [-0.4, -0.2) is 14.8 Å². The van der Waals surface area contributed by atoms with Gasteiger partial charge in [0.25, 0.3) is 0 Å². The van der Waals surface area contributed by atoms with E-state index in [1.807, 2.05) is 0 Å². The summed E-state index contributed by atoms with van der Waals surface area (Å²) in [6.45, 7) is 0. The Morgan fingerprint density at radius 1 is 1.42 bits per heavy atom. The van der Waals surface area contributed by atoms with Crippen LogP contribution in [0.5, 0.6) is 0 Å². The number of hydrogen-bond donors (Lipinski definition) is 2. The first-order chi connectivity index (χ1) is 5.70. The van der Waals surface area contributed by atoms with Crippen molar-refractivity contribution >= 4 is 22.5 Å². The Balaban J connectivity index is 2.99. The predicted octanol–water partition coefficient (Wildman–Crippen LogP) is 0.133. The molecule has 5 nitrogen and oxygen atoms in total. The minimum Gasteiger partial charge on any atom is -0.398 e. The highest BCUT2D eigenvalue weighted by molar-refractivity contribution is 5.96. The summed E-state index contributed by atoms with van der Waals surface area (Å²) in [7, 11) is 1.78. The first-order valence-electron chi connectivity index (χ1n) is 3.53. The molecule has 0 amide bonds. The van der Waals surface area contributed by atoms with Crippen molar-refractivity contribution in [1.82, 2.24) is 14.8 Å². The van der Waals surface area contributed by atoms with Gasteiger partial charge < -0.3 is 11.5 Å². The normalized spacial score (nSPS) is 10.8. The van der Waals surface area contributed by atoms with Gasteiger partial charge in [-0.15, -0.1) is 0 Å². The van der Waals surface area contributed by atoms with E-state index in [9.17, 15) is 0 Å². The van der Waals surface area contributed by atoms with Gasteiger partial charge in [0, 0.05) is 18.9 Å². The van der Waals surface area contributed by atoms with E-state index in [0.29, 0.717) is 17.2 Å². The highest BCUT2D eigenvalue weighted by atomic mass is 15.3. The maximum absolute atomic E-state index is 5.70. The van der Waals surface area contributed by atoms with Crippen molar-refractivity contribution in [2.45, 2.75) is 0 Å². The van der Waals surface area contributed by atoms with Crippen LogP contribution in [0.3, 0.4) is 0 Å². The van der Waals surface area contributed by atoms with E-state index in [0.717, 1.165) is 5.39 Å². The van der Waals surface area contributed by atoms with Crippen molar-refractivity contribution in [3.8, 4) is 0 Å². The van der Waals surface area contributed by atoms with E-state index in [4.69, 9.17) is 11.5 Å². The number of rotatable bonds is 0. The van der Waals surface area contributed by atoms with Gasteiger partial charge in [-0.25, -0.2) is 9.67 Å². The van der Waals surface area contributed by atoms with Crippen LogP contribution >= 0.6 is 0 Å². The molecular weight excluding hydrogens is 154 g/mol. The first kappa shape index (κ1) is 6.90. The Labute approximate surface area is 69.0 Å². The molecule has 0 unspecified atom stereocenters. The van der Waals surface area contributed by atoms with Crippen LogP contribution in [0, 0.1) is 0 Å². The molecule has 0 fully saturated rings. The van der Waals surface area contributed by atoms with Crippen molar-refractivity contribution in [2.24, 2.45) is 7.05 Å². The van der Waals surface area contributed by atoms with Crippen molar-refractivity contribution in [3.63, 3.8) is 0 Å².